The van der Waals surface area contributed by atoms with E-state index >= 15 is 0 Å². The van der Waals surface area contributed by atoms with Crippen molar-refractivity contribution in [1.82, 2.24) is 10.4 Å². The number of nitrogens with one attached hydrogen (secondary N) is 1. The van der Waals surface area contributed by atoms with Gasteiger partial charge in [0.2, 0.25) is 0 Å². The number of para-hydroxylation sites is 1. The van der Waals surface area contributed by atoms with Gasteiger partial charge in [-0.3, -0.25) is 10.8 Å². The van der Waals surface area contributed by atoms with Gasteiger partial charge in [0.1, 0.15) is 17.7 Å². The molecule has 0 amide bonds. The molecule has 2 aromatic rings. The number of hydrazine groups is 1. The van der Waals surface area contributed by atoms with Gasteiger partial charge in [-0.05, 0) is 23.8 Å². The van der Waals surface area contributed by atoms with Crippen LogP contribution >= 0.6 is 11.8 Å². The Labute approximate surface area is 120 Å². The second kappa shape index (κ2) is 5.78. The summed E-state index contributed by atoms with van der Waals surface area (Å²) in [5.41, 5.74) is 3.38. The second-order valence-corrected chi connectivity index (χ2v) is 5.56. The molecule has 2 unspecified atom stereocenters. The van der Waals surface area contributed by atoms with E-state index in [1.165, 1.54) is 12.3 Å². The number of hydrogen-bond acceptors (Lipinski definition) is 5. The summed E-state index contributed by atoms with van der Waals surface area (Å²) >= 11 is 1.70. The number of pyridine rings is 1. The normalized spacial score (nSPS) is 19.0. The van der Waals surface area contributed by atoms with Gasteiger partial charge < -0.3 is 4.74 Å². The maximum Gasteiger partial charge on any atom is 0.141 e. The number of fused-ring (bicyclic) bond motifs is 1. The number of ether oxygens (including phenoxy) is 1. The van der Waals surface area contributed by atoms with Crippen LogP contribution in [-0.2, 0) is 0 Å². The van der Waals surface area contributed by atoms with Gasteiger partial charge in [-0.2, -0.15) is 0 Å². The van der Waals surface area contributed by atoms with Crippen LogP contribution in [0.25, 0.3) is 0 Å². The Morgan fingerprint density at radius 2 is 2.25 bits per heavy atom. The average molecular weight is 291 g/mol. The summed E-state index contributed by atoms with van der Waals surface area (Å²) in [4.78, 5) is 4.97. The SMILES string of the molecule is NNC(c1cncc(F)c1)C1CSc2ccccc2O1. The predicted octanol–water partition coefficient (Wildman–Crippen LogP) is 2.28. The summed E-state index contributed by atoms with van der Waals surface area (Å²) in [5.74, 6) is 6.80. The molecule has 1 aromatic heterocycles. The van der Waals surface area contributed by atoms with E-state index in [4.69, 9.17) is 10.6 Å². The lowest BCUT2D eigenvalue weighted by Crippen LogP contribution is -2.42. The van der Waals surface area contributed by atoms with Gasteiger partial charge in [0, 0.05) is 16.8 Å². The monoisotopic (exact) mass is 291 g/mol. The Morgan fingerprint density at radius 1 is 1.40 bits per heavy atom. The zero-order chi connectivity index (χ0) is 13.9. The smallest absolute Gasteiger partial charge is 0.141 e. The number of hydrogen-bond donors (Lipinski definition) is 2. The van der Waals surface area contributed by atoms with Gasteiger partial charge in [-0.15, -0.1) is 11.8 Å². The molecule has 3 N–H and O–H groups in total. The van der Waals surface area contributed by atoms with E-state index in [-0.39, 0.29) is 18.0 Å². The standard InChI is InChI=1S/C14H14FN3OS/c15-10-5-9(6-17-7-10)14(18-16)12-8-20-13-4-2-1-3-11(13)19-12/h1-7,12,14,18H,8,16H2. The van der Waals surface area contributed by atoms with Crippen LogP contribution in [0.1, 0.15) is 11.6 Å². The van der Waals surface area contributed by atoms with E-state index in [1.54, 1.807) is 18.0 Å². The number of thioether (sulfide) groups is 1. The summed E-state index contributed by atoms with van der Waals surface area (Å²) in [7, 11) is 0. The molecule has 104 valence electrons. The fourth-order valence-corrected chi connectivity index (χ4v) is 3.25. The first kappa shape index (κ1) is 13.4. The summed E-state index contributed by atoms with van der Waals surface area (Å²) in [6, 6.07) is 8.96. The van der Waals surface area contributed by atoms with Crippen LogP contribution in [0, 0.1) is 5.82 Å². The summed E-state index contributed by atoms with van der Waals surface area (Å²) in [6.07, 6.45) is 2.59. The van der Waals surface area contributed by atoms with Crippen molar-refractivity contribution in [3.8, 4) is 5.75 Å². The quantitative estimate of drug-likeness (QED) is 0.671. The van der Waals surface area contributed by atoms with Gasteiger partial charge in [0.05, 0.1) is 12.2 Å². The van der Waals surface area contributed by atoms with Crippen molar-refractivity contribution in [2.45, 2.75) is 17.0 Å². The molecule has 1 aromatic carbocycles. The minimum absolute atomic E-state index is 0.177. The first-order chi connectivity index (χ1) is 9.78. The number of aromatic nitrogens is 1. The van der Waals surface area contributed by atoms with Crippen LogP contribution in [0.4, 0.5) is 4.39 Å². The van der Waals surface area contributed by atoms with Gasteiger partial charge in [-0.1, -0.05) is 12.1 Å². The fourth-order valence-electron chi connectivity index (χ4n) is 2.22. The van der Waals surface area contributed by atoms with Crippen LogP contribution in [0.15, 0.2) is 47.6 Å². The van der Waals surface area contributed by atoms with Crippen LogP contribution in [-0.4, -0.2) is 16.8 Å². The molecular formula is C14H14FN3OS. The fraction of sp³-hybridized carbons (Fsp3) is 0.214. The molecule has 6 heteroatoms. The van der Waals surface area contributed by atoms with E-state index in [1.807, 2.05) is 24.3 Å². The Hall–Kier alpha value is -1.63. The van der Waals surface area contributed by atoms with Crippen molar-refractivity contribution in [1.29, 1.82) is 0 Å². The van der Waals surface area contributed by atoms with Crippen molar-refractivity contribution in [2.75, 3.05) is 5.75 Å². The number of halogens is 1. The van der Waals surface area contributed by atoms with Gasteiger partial charge in [0.15, 0.2) is 0 Å². The lowest BCUT2D eigenvalue weighted by atomic mass is 10.0. The molecule has 0 spiro atoms. The molecule has 0 bridgehead atoms. The molecule has 1 aliphatic heterocycles. The lowest BCUT2D eigenvalue weighted by Gasteiger charge is -2.31. The van der Waals surface area contributed by atoms with Crippen LogP contribution in [0.5, 0.6) is 5.75 Å². The minimum atomic E-state index is -0.383. The third kappa shape index (κ3) is 2.63. The zero-order valence-corrected chi connectivity index (χ0v) is 11.4. The van der Waals surface area contributed by atoms with E-state index in [9.17, 15) is 4.39 Å². The summed E-state index contributed by atoms with van der Waals surface area (Å²) in [5, 5.41) is 0. The number of rotatable bonds is 3. The minimum Gasteiger partial charge on any atom is -0.486 e. The molecule has 0 aliphatic carbocycles. The Bertz CT molecular complexity index is 610. The molecule has 2 atom stereocenters. The highest BCUT2D eigenvalue weighted by Crippen LogP contribution is 2.38. The van der Waals surface area contributed by atoms with Crippen LogP contribution < -0.4 is 16.0 Å². The molecule has 20 heavy (non-hydrogen) atoms. The number of benzene rings is 1. The van der Waals surface area contributed by atoms with E-state index < -0.39 is 0 Å². The molecular weight excluding hydrogens is 277 g/mol. The Morgan fingerprint density at radius 3 is 3.05 bits per heavy atom. The molecule has 2 heterocycles. The first-order valence-corrected chi connectivity index (χ1v) is 7.21. The van der Waals surface area contributed by atoms with E-state index in [2.05, 4.69) is 10.4 Å². The maximum absolute atomic E-state index is 13.3. The van der Waals surface area contributed by atoms with Gasteiger partial charge in [-0.25, -0.2) is 9.82 Å². The van der Waals surface area contributed by atoms with Gasteiger partial charge in [0.25, 0.3) is 0 Å². The zero-order valence-electron chi connectivity index (χ0n) is 10.6. The molecule has 0 saturated heterocycles. The topological polar surface area (TPSA) is 60.2 Å². The Kier molecular flexibility index (Phi) is 3.86. The van der Waals surface area contributed by atoms with Crippen molar-refractivity contribution < 1.29 is 9.13 Å². The average Bonchev–Trinajstić information content (AvgIpc) is 2.48. The highest BCUT2D eigenvalue weighted by atomic mass is 32.2. The molecule has 1 aliphatic rings. The molecule has 4 nitrogen and oxygen atoms in total. The number of nitrogens with zero attached hydrogens (tertiary/aromatic N) is 1. The molecule has 0 saturated carbocycles. The predicted molar refractivity (Wildman–Crippen MR) is 75.8 cm³/mol. The highest BCUT2D eigenvalue weighted by Gasteiger charge is 2.29. The van der Waals surface area contributed by atoms with Crippen LogP contribution in [0.3, 0.4) is 0 Å². The maximum atomic E-state index is 13.3. The molecule has 0 fully saturated rings. The highest BCUT2D eigenvalue weighted by molar-refractivity contribution is 7.99. The third-order valence-electron chi connectivity index (χ3n) is 3.17. The lowest BCUT2D eigenvalue weighted by molar-refractivity contribution is 0.166. The van der Waals surface area contributed by atoms with Crippen molar-refractivity contribution >= 4 is 11.8 Å². The van der Waals surface area contributed by atoms with Crippen molar-refractivity contribution in [3.63, 3.8) is 0 Å². The van der Waals surface area contributed by atoms with Crippen LogP contribution in [0.2, 0.25) is 0 Å². The van der Waals surface area contributed by atoms with E-state index in [0.717, 1.165) is 16.4 Å². The van der Waals surface area contributed by atoms with Crippen molar-refractivity contribution in [2.24, 2.45) is 5.84 Å². The Balaban J connectivity index is 1.85. The number of nitrogens with two attached hydrogens (primary N) is 1. The van der Waals surface area contributed by atoms with Crippen molar-refractivity contribution in [3.05, 3.63) is 54.1 Å². The van der Waals surface area contributed by atoms with Gasteiger partial charge >= 0.3 is 0 Å². The molecule has 3 rings (SSSR count). The molecule has 0 radical (unpaired) electrons. The third-order valence-corrected chi connectivity index (χ3v) is 4.31. The first-order valence-electron chi connectivity index (χ1n) is 6.23. The summed E-state index contributed by atoms with van der Waals surface area (Å²) < 4.78 is 19.3. The summed E-state index contributed by atoms with van der Waals surface area (Å²) in [6.45, 7) is 0. The second-order valence-electron chi connectivity index (χ2n) is 4.49. The largest absolute Gasteiger partial charge is 0.486 e. The van der Waals surface area contributed by atoms with E-state index in [0.29, 0.717) is 5.56 Å².